The number of nitrogens with one attached hydrogen (secondary N) is 1. The van der Waals surface area contributed by atoms with Crippen LogP contribution in [0.2, 0.25) is 0 Å². The third-order valence-electron chi connectivity index (χ3n) is 4.21. The molecular formula is C23H27NO5. The lowest BCUT2D eigenvalue weighted by Crippen LogP contribution is -2.39. The average molecular weight is 397 g/mol. The summed E-state index contributed by atoms with van der Waals surface area (Å²) in [5, 5.41) is 2.87. The Morgan fingerprint density at radius 3 is 2.59 bits per heavy atom. The van der Waals surface area contributed by atoms with E-state index in [9.17, 15) is 4.79 Å². The van der Waals surface area contributed by atoms with Gasteiger partial charge in [-0.2, -0.15) is 0 Å². The quantitative estimate of drug-likeness (QED) is 0.558. The predicted molar refractivity (Wildman–Crippen MR) is 111 cm³/mol. The maximum atomic E-state index is 12.3. The summed E-state index contributed by atoms with van der Waals surface area (Å²) in [5.74, 6) is 3.41. The highest BCUT2D eigenvalue weighted by molar-refractivity contribution is 5.80. The lowest BCUT2D eigenvalue weighted by atomic mass is 10.1. The smallest absolute Gasteiger partial charge is 0.251 e. The van der Waals surface area contributed by atoms with E-state index in [1.54, 1.807) is 7.11 Å². The normalized spacial score (nSPS) is 11.3. The van der Waals surface area contributed by atoms with Crippen molar-refractivity contribution in [1.82, 2.24) is 5.32 Å². The lowest BCUT2D eigenvalue weighted by Gasteiger charge is -2.16. The molecule has 6 nitrogen and oxygen atoms in total. The first-order valence-electron chi connectivity index (χ1n) is 9.33. The van der Waals surface area contributed by atoms with E-state index in [4.69, 9.17) is 25.4 Å². The monoisotopic (exact) mass is 397 g/mol. The molecule has 6 heteroatoms. The first-order chi connectivity index (χ1) is 14.2. The third kappa shape index (κ3) is 7.49. The van der Waals surface area contributed by atoms with Crippen molar-refractivity contribution in [2.24, 2.45) is 0 Å². The summed E-state index contributed by atoms with van der Waals surface area (Å²) in [7, 11) is 3.07. The number of carbonyl (C=O) groups excluding carboxylic acids is 1. The van der Waals surface area contributed by atoms with E-state index in [1.807, 2.05) is 48.5 Å². The molecule has 1 unspecified atom stereocenters. The fourth-order valence-corrected chi connectivity index (χ4v) is 2.66. The summed E-state index contributed by atoms with van der Waals surface area (Å²) in [6, 6.07) is 15.4. The maximum absolute atomic E-state index is 12.3. The van der Waals surface area contributed by atoms with Gasteiger partial charge in [-0.3, -0.25) is 4.79 Å². The molecule has 29 heavy (non-hydrogen) atoms. The Hall–Kier alpha value is -3.01. The third-order valence-corrected chi connectivity index (χ3v) is 4.21. The van der Waals surface area contributed by atoms with E-state index in [-0.39, 0.29) is 19.1 Å². The van der Waals surface area contributed by atoms with Gasteiger partial charge in [-0.05, 0) is 29.7 Å². The van der Waals surface area contributed by atoms with Crippen molar-refractivity contribution in [3.05, 3.63) is 59.7 Å². The second kappa shape index (κ2) is 12.4. The van der Waals surface area contributed by atoms with Crippen LogP contribution in [-0.4, -0.2) is 46.0 Å². The van der Waals surface area contributed by atoms with Crippen LogP contribution in [0.25, 0.3) is 0 Å². The van der Waals surface area contributed by atoms with Crippen molar-refractivity contribution in [1.29, 1.82) is 0 Å². The topological polar surface area (TPSA) is 66.0 Å². The molecule has 0 aliphatic heterocycles. The lowest BCUT2D eigenvalue weighted by molar-refractivity contribution is -0.135. The van der Waals surface area contributed by atoms with Crippen LogP contribution in [0.1, 0.15) is 11.1 Å². The van der Waals surface area contributed by atoms with Gasteiger partial charge in [0.25, 0.3) is 5.91 Å². The van der Waals surface area contributed by atoms with Crippen LogP contribution in [0, 0.1) is 12.3 Å². The number of ether oxygens (including phenoxy) is 4. The first-order valence-corrected chi connectivity index (χ1v) is 9.33. The highest BCUT2D eigenvalue weighted by Gasteiger charge is 2.17. The van der Waals surface area contributed by atoms with Gasteiger partial charge in [0.2, 0.25) is 0 Å². The molecule has 2 rings (SSSR count). The SMILES string of the molecule is C#CCOc1ccc(CCNC(=O)C(COCc2ccccc2)OC)cc1OC. The molecule has 0 aromatic heterocycles. The first kappa shape index (κ1) is 22.3. The molecule has 0 spiro atoms. The molecule has 1 amide bonds. The molecule has 0 saturated carbocycles. The number of methoxy groups -OCH3 is 2. The van der Waals surface area contributed by atoms with Gasteiger partial charge in [0.05, 0.1) is 20.3 Å². The molecule has 1 N–H and O–H groups in total. The number of carbonyl (C=O) groups is 1. The fourth-order valence-electron chi connectivity index (χ4n) is 2.66. The highest BCUT2D eigenvalue weighted by atomic mass is 16.5. The Morgan fingerprint density at radius 1 is 1.10 bits per heavy atom. The Labute approximate surface area is 172 Å². The molecule has 0 aliphatic rings. The number of hydrogen-bond acceptors (Lipinski definition) is 5. The fraction of sp³-hybridized carbons (Fsp3) is 0.348. The molecule has 0 fully saturated rings. The van der Waals surface area contributed by atoms with Crippen LogP contribution >= 0.6 is 0 Å². The Balaban J connectivity index is 1.77. The summed E-state index contributed by atoms with van der Waals surface area (Å²) < 4.78 is 21.6. The van der Waals surface area contributed by atoms with Crippen molar-refractivity contribution in [3.63, 3.8) is 0 Å². The van der Waals surface area contributed by atoms with Crippen LogP contribution in [0.4, 0.5) is 0 Å². The molecular weight excluding hydrogens is 370 g/mol. The van der Waals surface area contributed by atoms with Crippen LogP contribution in [0.3, 0.4) is 0 Å². The van der Waals surface area contributed by atoms with E-state index in [1.165, 1.54) is 7.11 Å². The van der Waals surface area contributed by atoms with Gasteiger partial charge in [0.15, 0.2) is 17.6 Å². The van der Waals surface area contributed by atoms with Crippen molar-refractivity contribution in [2.45, 2.75) is 19.1 Å². The number of rotatable bonds is 12. The summed E-state index contributed by atoms with van der Waals surface area (Å²) in [5.41, 5.74) is 2.05. The van der Waals surface area contributed by atoms with Crippen molar-refractivity contribution >= 4 is 5.91 Å². The molecule has 1 atom stereocenters. The number of benzene rings is 2. The number of hydrogen-bond donors (Lipinski definition) is 1. The molecule has 2 aromatic carbocycles. The number of amides is 1. The zero-order chi connectivity index (χ0) is 20.9. The predicted octanol–water partition coefficient (Wildman–Crippen LogP) is 2.60. The highest BCUT2D eigenvalue weighted by Crippen LogP contribution is 2.28. The van der Waals surface area contributed by atoms with Crippen LogP contribution in [-0.2, 0) is 27.3 Å². The van der Waals surface area contributed by atoms with Crippen LogP contribution < -0.4 is 14.8 Å². The zero-order valence-corrected chi connectivity index (χ0v) is 16.9. The largest absolute Gasteiger partial charge is 0.493 e. The van der Waals surface area contributed by atoms with Gasteiger partial charge in [0.1, 0.15) is 6.61 Å². The summed E-state index contributed by atoms with van der Waals surface area (Å²) in [4.78, 5) is 12.3. The second-order valence-corrected chi connectivity index (χ2v) is 6.24. The molecule has 0 radical (unpaired) electrons. The van der Waals surface area contributed by atoms with Crippen LogP contribution in [0.15, 0.2) is 48.5 Å². The molecule has 2 aromatic rings. The average Bonchev–Trinajstić information content (AvgIpc) is 2.76. The van der Waals surface area contributed by atoms with Crippen molar-refractivity contribution in [3.8, 4) is 23.8 Å². The van der Waals surface area contributed by atoms with Crippen molar-refractivity contribution in [2.75, 3.05) is 34.0 Å². The number of terminal acetylenes is 1. The minimum atomic E-state index is -0.659. The Kier molecular flexibility index (Phi) is 9.56. The standard InChI is InChI=1S/C23H27NO5/c1-4-14-29-20-11-10-18(15-21(20)26-2)12-13-24-23(25)22(27-3)17-28-16-19-8-6-5-7-9-19/h1,5-11,15,22H,12-14,16-17H2,2-3H3,(H,24,25). The van der Waals surface area contributed by atoms with Gasteiger partial charge < -0.3 is 24.3 Å². The maximum Gasteiger partial charge on any atom is 0.251 e. The molecule has 0 bridgehead atoms. The van der Waals surface area contributed by atoms with E-state index in [0.29, 0.717) is 31.1 Å². The Bertz CT molecular complexity index is 801. The van der Waals surface area contributed by atoms with Crippen LogP contribution in [0.5, 0.6) is 11.5 Å². The minimum Gasteiger partial charge on any atom is -0.493 e. The van der Waals surface area contributed by atoms with E-state index >= 15 is 0 Å². The molecule has 0 heterocycles. The molecule has 0 saturated heterocycles. The van der Waals surface area contributed by atoms with Gasteiger partial charge in [-0.1, -0.05) is 42.3 Å². The summed E-state index contributed by atoms with van der Waals surface area (Å²) >= 11 is 0. The Morgan fingerprint density at radius 2 is 1.90 bits per heavy atom. The summed E-state index contributed by atoms with van der Waals surface area (Å²) in [6.07, 6.45) is 5.19. The molecule has 0 aliphatic carbocycles. The van der Waals surface area contributed by atoms with Gasteiger partial charge in [-0.25, -0.2) is 0 Å². The zero-order valence-electron chi connectivity index (χ0n) is 16.9. The van der Waals surface area contributed by atoms with Gasteiger partial charge in [-0.15, -0.1) is 6.42 Å². The van der Waals surface area contributed by atoms with Gasteiger partial charge >= 0.3 is 0 Å². The van der Waals surface area contributed by atoms with Gasteiger partial charge in [0, 0.05) is 13.7 Å². The molecule has 154 valence electrons. The summed E-state index contributed by atoms with van der Waals surface area (Å²) in [6.45, 7) is 1.26. The second-order valence-electron chi connectivity index (χ2n) is 6.24. The minimum absolute atomic E-state index is 0.177. The van der Waals surface area contributed by atoms with E-state index in [0.717, 1.165) is 11.1 Å². The van der Waals surface area contributed by atoms with E-state index in [2.05, 4.69) is 11.2 Å². The van der Waals surface area contributed by atoms with E-state index < -0.39 is 6.10 Å². The van der Waals surface area contributed by atoms with Crippen molar-refractivity contribution < 1.29 is 23.7 Å².